The van der Waals surface area contributed by atoms with Gasteiger partial charge in [-0.1, -0.05) is 0 Å². The number of aliphatic hydroxyl groups excluding tert-OH is 4. The number of hydrogen-bond acceptors (Lipinski definition) is 4. The van der Waals surface area contributed by atoms with Gasteiger partial charge in [-0.2, -0.15) is 0 Å². The van der Waals surface area contributed by atoms with Crippen LogP contribution in [0.2, 0.25) is 0 Å². The van der Waals surface area contributed by atoms with Gasteiger partial charge in [0.05, 0.1) is 12.7 Å². The monoisotopic (exact) mass is 166 g/mol. The molecule has 0 bridgehead atoms. The second-order valence-electron chi connectivity index (χ2n) is 2.06. The highest BCUT2D eigenvalue weighted by Gasteiger charge is 1.99. The van der Waals surface area contributed by atoms with E-state index >= 15 is 0 Å². The molecule has 0 spiro atoms. The molecule has 0 amide bonds. The predicted octanol–water partition coefficient (Wildman–Crippen LogP) is -0.889. The summed E-state index contributed by atoms with van der Waals surface area (Å²) in [5.74, 6) is 0. The molecule has 0 aromatic rings. The van der Waals surface area contributed by atoms with Crippen molar-refractivity contribution in [2.45, 2.75) is 25.4 Å². The van der Waals surface area contributed by atoms with Crippen molar-refractivity contribution >= 4 is 0 Å². The van der Waals surface area contributed by atoms with Gasteiger partial charge in [0.2, 0.25) is 0 Å². The van der Waals surface area contributed by atoms with Gasteiger partial charge in [0.25, 0.3) is 0 Å². The minimum absolute atomic E-state index is 0.165. The SMILES string of the molecule is CO.OCCCCC(O)CO. The van der Waals surface area contributed by atoms with Crippen LogP contribution in [0.3, 0.4) is 0 Å². The van der Waals surface area contributed by atoms with Gasteiger partial charge in [-0.05, 0) is 19.3 Å². The lowest BCUT2D eigenvalue weighted by Gasteiger charge is -2.03. The Bertz CT molecular complexity index is 58.4. The predicted molar refractivity (Wildman–Crippen MR) is 42.2 cm³/mol. The lowest BCUT2D eigenvalue weighted by Crippen LogP contribution is -2.11. The molecule has 4 nitrogen and oxygen atoms in total. The lowest BCUT2D eigenvalue weighted by atomic mass is 10.2. The molecule has 0 aliphatic rings. The molecular weight excluding hydrogens is 148 g/mol. The van der Waals surface area contributed by atoms with Crippen molar-refractivity contribution in [3.05, 3.63) is 0 Å². The van der Waals surface area contributed by atoms with E-state index in [-0.39, 0.29) is 13.2 Å². The van der Waals surface area contributed by atoms with Gasteiger partial charge in [0.15, 0.2) is 0 Å². The molecule has 0 radical (unpaired) electrons. The molecule has 0 saturated heterocycles. The lowest BCUT2D eigenvalue weighted by molar-refractivity contribution is 0.0848. The zero-order chi connectivity index (χ0) is 9.11. The standard InChI is InChI=1S/C6H14O3.CH4O/c7-4-2-1-3-6(9)5-8;1-2/h6-9H,1-5H2;2H,1H3. The van der Waals surface area contributed by atoms with E-state index in [4.69, 9.17) is 20.4 Å². The smallest absolute Gasteiger partial charge is 0.0771 e. The molecule has 0 heterocycles. The van der Waals surface area contributed by atoms with Gasteiger partial charge >= 0.3 is 0 Å². The van der Waals surface area contributed by atoms with Crippen LogP contribution in [0.25, 0.3) is 0 Å². The van der Waals surface area contributed by atoms with Crippen molar-refractivity contribution in [3.8, 4) is 0 Å². The topological polar surface area (TPSA) is 80.9 Å². The number of rotatable bonds is 5. The van der Waals surface area contributed by atoms with Crippen LogP contribution in [-0.2, 0) is 0 Å². The molecule has 0 aromatic carbocycles. The van der Waals surface area contributed by atoms with E-state index < -0.39 is 6.10 Å². The van der Waals surface area contributed by atoms with Gasteiger partial charge in [-0.3, -0.25) is 0 Å². The van der Waals surface area contributed by atoms with E-state index in [0.717, 1.165) is 13.5 Å². The van der Waals surface area contributed by atoms with Crippen LogP contribution in [0.5, 0.6) is 0 Å². The van der Waals surface area contributed by atoms with Crippen LogP contribution < -0.4 is 0 Å². The minimum Gasteiger partial charge on any atom is -0.400 e. The van der Waals surface area contributed by atoms with E-state index in [2.05, 4.69) is 0 Å². The summed E-state index contributed by atoms with van der Waals surface area (Å²) < 4.78 is 0. The van der Waals surface area contributed by atoms with Crippen LogP contribution in [0, 0.1) is 0 Å². The van der Waals surface area contributed by atoms with Crippen molar-refractivity contribution in [1.29, 1.82) is 0 Å². The second-order valence-corrected chi connectivity index (χ2v) is 2.06. The third-order valence-corrected chi connectivity index (χ3v) is 1.16. The van der Waals surface area contributed by atoms with Crippen molar-refractivity contribution in [2.24, 2.45) is 0 Å². The highest BCUT2D eigenvalue weighted by molar-refractivity contribution is 4.51. The van der Waals surface area contributed by atoms with Gasteiger partial charge in [-0.25, -0.2) is 0 Å². The maximum Gasteiger partial charge on any atom is 0.0771 e. The number of hydrogen-bond donors (Lipinski definition) is 4. The summed E-state index contributed by atoms with van der Waals surface area (Å²) in [5, 5.41) is 32.4. The van der Waals surface area contributed by atoms with E-state index in [1.807, 2.05) is 0 Å². The molecule has 0 aliphatic heterocycles. The third kappa shape index (κ3) is 12.9. The molecule has 1 atom stereocenters. The molecular formula is C7H18O4. The molecule has 4 N–H and O–H groups in total. The van der Waals surface area contributed by atoms with Crippen molar-refractivity contribution in [3.63, 3.8) is 0 Å². The van der Waals surface area contributed by atoms with E-state index in [9.17, 15) is 0 Å². The second kappa shape index (κ2) is 12.5. The van der Waals surface area contributed by atoms with Crippen molar-refractivity contribution < 1.29 is 20.4 Å². The molecule has 0 rings (SSSR count). The molecule has 4 heteroatoms. The highest BCUT2D eigenvalue weighted by atomic mass is 16.3. The van der Waals surface area contributed by atoms with Crippen LogP contribution >= 0.6 is 0 Å². The summed E-state index contributed by atoms with van der Waals surface area (Å²) in [4.78, 5) is 0. The van der Waals surface area contributed by atoms with Gasteiger partial charge < -0.3 is 20.4 Å². The fourth-order valence-electron chi connectivity index (χ4n) is 0.583. The highest BCUT2D eigenvalue weighted by Crippen LogP contribution is 1.98. The Balaban J connectivity index is 0. The molecule has 0 fully saturated rings. The Hall–Kier alpha value is -0.160. The van der Waals surface area contributed by atoms with Gasteiger partial charge in [0.1, 0.15) is 0 Å². The van der Waals surface area contributed by atoms with Gasteiger partial charge in [-0.15, -0.1) is 0 Å². The molecule has 0 aromatic heterocycles. The first-order valence-corrected chi connectivity index (χ1v) is 3.65. The molecule has 0 saturated carbocycles. The van der Waals surface area contributed by atoms with Crippen LogP contribution in [0.4, 0.5) is 0 Å². The Kier molecular flexibility index (Phi) is 15.3. The largest absolute Gasteiger partial charge is 0.400 e. The Morgan fingerprint density at radius 3 is 2.00 bits per heavy atom. The van der Waals surface area contributed by atoms with E-state index in [1.54, 1.807) is 0 Å². The van der Waals surface area contributed by atoms with E-state index in [1.165, 1.54) is 0 Å². The maximum absolute atomic E-state index is 8.75. The van der Waals surface area contributed by atoms with E-state index in [0.29, 0.717) is 12.8 Å². The Morgan fingerprint density at radius 2 is 1.64 bits per heavy atom. The summed E-state index contributed by atoms with van der Waals surface area (Å²) in [7, 11) is 1.00. The summed E-state index contributed by atoms with van der Waals surface area (Å²) in [5.41, 5.74) is 0. The van der Waals surface area contributed by atoms with Crippen molar-refractivity contribution in [1.82, 2.24) is 0 Å². The normalized spacial score (nSPS) is 11.7. The summed E-state index contributed by atoms with van der Waals surface area (Å²) >= 11 is 0. The average Bonchev–Trinajstić information content (AvgIpc) is 2.08. The summed E-state index contributed by atoms with van der Waals surface area (Å²) in [6.07, 6.45) is 1.46. The quantitative estimate of drug-likeness (QED) is 0.399. The molecule has 70 valence electrons. The van der Waals surface area contributed by atoms with Gasteiger partial charge in [0, 0.05) is 13.7 Å². The summed E-state index contributed by atoms with van der Waals surface area (Å²) in [6, 6.07) is 0. The first-order chi connectivity index (χ1) is 5.31. The zero-order valence-electron chi connectivity index (χ0n) is 6.90. The zero-order valence-corrected chi connectivity index (χ0v) is 6.90. The minimum atomic E-state index is -0.600. The Labute approximate surface area is 67.1 Å². The molecule has 1 unspecified atom stereocenters. The van der Waals surface area contributed by atoms with Crippen LogP contribution in [-0.4, -0.2) is 46.9 Å². The van der Waals surface area contributed by atoms with Crippen molar-refractivity contribution in [2.75, 3.05) is 20.3 Å². The maximum atomic E-state index is 8.75. The number of aliphatic hydroxyl groups is 4. The fraction of sp³-hybridized carbons (Fsp3) is 1.00. The number of unbranched alkanes of at least 4 members (excludes halogenated alkanes) is 1. The fourth-order valence-corrected chi connectivity index (χ4v) is 0.583. The van der Waals surface area contributed by atoms with Crippen LogP contribution in [0.15, 0.2) is 0 Å². The first kappa shape index (κ1) is 13.4. The van der Waals surface area contributed by atoms with Crippen LogP contribution in [0.1, 0.15) is 19.3 Å². The summed E-state index contributed by atoms with van der Waals surface area (Å²) in [6.45, 7) is -0.0103. The third-order valence-electron chi connectivity index (χ3n) is 1.16. The first-order valence-electron chi connectivity index (χ1n) is 3.65. The average molecular weight is 166 g/mol. The molecule has 0 aliphatic carbocycles. The Morgan fingerprint density at radius 1 is 1.09 bits per heavy atom. The molecule has 11 heavy (non-hydrogen) atoms.